The second-order valence-electron chi connectivity index (χ2n) is 5.21. The van der Waals surface area contributed by atoms with Crippen molar-refractivity contribution in [1.29, 1.82) is 0 Å². The molecule has 2 unspecified atom stereocenters. The zero-order chi connectivity index (χ0) is 14.7. The summed E-state index contributed by atoms with van der Waals surface area (Å²) >= 11 is 0. The van der Waals surface area contributed by atoms with Crippen LogP contribution in [0.1, 0.15) is 39.2 Å². The van der Waals surface area contributed by atoms with Crippen LogP contribution < -0.4 is 5.32 Å². The molecular formula is C14H22N4O2. The Bertz CT molecular complexity index is 497. The summed E-state index contributed by atoms with van der Waals surface area (Å²) in [6.45, 7) is 7.00. The van der Waals surface area contributed by atoms with E-state index in [-0.39, 0.29) is 17.9 Å². The van der Waals surface area contributed by atoms with E-state index in [9.17, 15) is 9.59 Å². The van der Waals surface area contributed by atoms with Crippen molar-refractivity contribution in [2.75, 3.05) is 0 Å². The molecule has 1 aromatic heterocycles. The van der Waals surface area contributed by atoms with Crippen molar-refractivity contribution < 1.29 is 9.59 Å². The first-order valence-electron chi connectivity index (χ1n) is 7.19. The van der Waals surface area contributed by atoms with Crippen LogP contribution in [0, 0.1) is 0 Å². The third kappa shape index (κ3) is 2.84. The average Bonchev–Trinajstić information content (AvgIpc) is 2.88. The fourth-order valence-corrected chi connectivity index (χ4v) is 2.52. The number of nitrogens with zero attached hydrogens (tertiary/aromatic N) is 3. The maximum atomic E-state index is 12.3. The lowest BCUT2D eigenvalue weighted by Crippen LogP contribution is -2.61. The topological polar surface area (TPSA) is 67.2 Å². The molecule has 1 aromatic rings. The zero-order valence-electron chi connectivity index (χ0n) is 12.3. The summed E-state index contributed by atoms with van der Waals surface area (Å²) in [5.74, 6) is -0.0749. The smallest absolute Gasteiger partial charge is 0.245 e. The van der Waals surface area contributed by atoms with Gasteiger partial charge in [0.05, 0.1) is 6.20 Å². The minimum Gasteiger partial charge on any atom is -0.343 e. The molecule has 0 bridgehead atoms. The third-order valence-corrected chi connectivity index (χ3v) is 3.62. The molecule has 2 amide bonds. The lowest BCUT2D eigenvalue weighted by atomic mass is 10.0. The van der Waals surface area contributed by atoms with Crippen LogP contribution in [-0.4, -0.2) is 38.6 Å². The van der Waals surface area contributed by atoms with Crippen LogP contribution in [0.4, 0.5) is 0 Å². The number of nitrogens with one attached hydrogen (secondary N) is 1. The molecule has 1 N–H and O–H groups in total. The van der Waals surface area contributed by atoms with Gasteiger partial charge in [-0.15, -0.1) is 0 Å². The van der Waals surface area contributed by atoms with Gasteiger partial charge in [0, 0.05) is 24.8 Å². The summed E-state index contributed by atoms with van der Waals surface area (Å²) in [5.41, 5.74) is 0.961. The first kappa shape index (κ1) is 14.6. The van der Waals surface area contributed by atoms with Crippen molar-refractivity contribution in [3.8, 4) is 0 Å². The normalized spacial score (nSPS) is 23.1. The molecular weight excluding hydrogens is 256 g/mol. The maximum Gasteiger partial charge on any atom is 0.245 e. The van der Waals surface area contributed by atoms with Gasteiger partial charge in [-0.3, -0.25) is 14.3 Å². The molecule has 2 atom stereocenters. The number of carbonyl (C=O) groups is 2. The highest BCUT2D eigenvalue weighted by molar-refractivity contribution is 5.96. The summed E-state index contributed by atoms with van der Waals surface area (Å²) in [7, 11) is 0. The predicted molar refractivity (Wildman–Crippen MR) is 74.8 cm³/mol. The third-order valence-electron chi connectivity index (χ3n) is 3.62. The van der Waals surface area contributed by atoms with Crippen LogP contribution in [0.15, 0.2) is 12.4 Å². The van der Waals surface area contributed by atoms with Gasteiger partial charge in [-0.2, -0.15) is 5.10 Å². The molecule has 6 nitrogen and oxygen atoms in total. The Morgan fingerprint density at radius 2 is 2.10 bits per heavy atom. The Labute approximate surface area is 119 Å². The summed E-state index contributed by atoms with van der Waals surface area (Å²) in [4.78, 5) is 26.1. The van der Waals surface area contributed by atoms with Gasteiger partial charge >= 0.3 is 0 Å². The van der Waals surface area contributed by atoms with Gasteiger partial charge in [0.1, 0.15) is 12.1 Å². The minimum atomic E-state index is -0.447. The standard InChI is InChI=1S/C14H22N4O2/c1-4-6-12-13(19)16-10(3)14(20)18(12)9-11-7-15-17(5-2)8-11/h7-8,10,12H,4-6,9H2,1-3H3,(H,16,19). The van der Waals surface area contributed by atoms with Crippen LogP contribution in [0.5, 0.6) is 0 Å². The molecule has 0 saturated carbocycles. The van der Waals surface area contributed by atoms with E-state index >= 15 is 0 Å². The molecule has 1 fully saturated rings. The molecule has 0 spiro atoms. The van der Waals surface area contributed by atoms with Crippen LogP contribution >= 0.6 is 0 Å². The minimum absolute atomic E-state index is 0.0210. The van der Waals surface area contributed by atoms with Crippen molar-refractivity contribution in [3.05, 3.63) is 18.0 Å². The van der Waals surface area contributed by atoms with E-state index in [1.54, 1.807) is 18.0 Å². The molecule has 0 aliphatic carbocycles. The van der Waals surface area contributed by atoms with Crippen molar-refractivity contribution >= 4 is 11.8 Å². The second-order valence-corrected chi connectivity index (χ2v) is 5.21. The number of carbonyl (C=O) groups excluding carboxylic acids is 2. The van der Waals surface area contributed by atoms with E-state index in [4.69, 9.17) is 0 Å². The average molecular weight is 278 g/mol. The van der Waals surface area contributed by atoms with Crippen molar-refractivity contribution in [3.63, 3.8) is 0 Å². The van der Waals surface area contributed by atoms with Gasteiger partial charge in [0.15, 0.2) is 0 Å². The van der Waals surface area contributed by atoms with Crippen LogP contribution in [0.25, 0.3) is 0 Å². The van der Waals surface area contributed by atoms with Gasteiger partial charge < -0.3 is 10.2 Å². The van der Waals surface area contributed by atoms with E-state index < -0.39 is 6.04 Å². The van der Waals surface area contributed by atoms with E-state index in [0.29, 0.717) is 13.0 Å². The Morgan fingerprint density at radius 3 is 2.70 bits per heavy atom. The number of amides is 2. The zero-order valence-corrected chi connectivity index (χ0v) is 12.3. The van der Waals surface area contributed by atoms with E-state index in [2.05, 4.69) is 10.4 Å². The molecule has 1 aliphatic rings. The van der Waals surface area contributed by atoms with Crippen LogP contribution in [-0.2, 0) is 22.7 Å². The predicted octanol–water partition coefficient (Wildman–Crippen LogP) is 0.919. The summed E-state index contributed by atoms with van der Waals surface area (Å²) in [5, 5.41) is 6.96. The van der Waals surface area contributed by atoms with Gasteiger partial charge in [-0.1, -0.05) is 13.3 Å². The molecule has 0 aromatic carbocycles. The molecule has 110 valence electrons. The van der Waals surface area contributed by atoms with Crippen LogP contribution in [0.3, 0.4) is 0 Å². The fraction of sp³-hybridized carbons (Fsp3) is 0.643. The Balaban J connectivity index is 2.18. The second kappa shape index (κ2) is 6.07. The first-order valence-corrected chi connectivity index (χ1v) is 7.19. The quantitative estimate of drug-likeness (QED) is 0.871. The van der Waals surface area contributed by atoms with E-state index in [0.717, 1.165) is 18.5 Å². The summed E-state index contributed by atoms with van der Waals surface area (Å²) in [6.07, 6.45) is 5.24. The van der Waals surface area contributed by atoms with E-state index in [1.165, 1.54) is 0 Å². The van der Waals surface area contributed by atoms with Gasteiger partial charge in [0.2, 0.25) is 11.8 Å². The number of hydrogen-bond donors (Lipinski definition) is 1. The first-order chi connectivity index (χ1) is 9.56. The molecule has 2 rings (SSSR count). The Kier molecular flexibility index (Phi) is 4.42. The summed E-state index contributed by atoms with van der Waals surface area (Å²) in [6, 6.07) is -0.814. The highest BCUT2D eigenvalue weighted by Gasteiger charge is 2.37. The number of rotatable bonds is 5. The highest BCUT2D eigenvalue weighted by Crippen LogP contribution is 2.18. The molecule has 1 aliphatic heterocycles. The Hall–Kier alpha value is -1.85. The number of aromatic nitrogens is 2. The number of hydrogen-bond acceptors (Lipinski definition) is 3. The van der Waals surface area contributed by atoms with Crippen molar-refractivity contribution in [2.24, 2.45) is 0 Å². The lowest BCUT2D eigenvalue weighted by Gasteiger charge is -2.37. The SMILES string of the molecule is CCCC1C(=O)NC(C)C(=O)N1Cc1cnn(CC)c1. The molecule has 0 radical (unpaired) electrons. The van der Waals surface area contributed by atoms with Gasteiger partial charge in [-0.05, 0) is 20.3 Å². The molecule has 20 heavy (non-hydrogen) atoms. The fourth-order valence-electron chi connectivity index (χ4n) is 2.52. The molecule has 2 heterocycles. The maximum absolute atomic E-state index is 12.3. The van der Waals surface area contributed by atoms with Gasteiger partial charge in [0.25, 0.3) is 0 Å². The molecule has 6 heteroatoms. The van der Waals surface area contributed by atoms with Gasteiger partial charge in [-0.25, -0.2) is 0 Å². The largest absolute Gasteiger partial charge is 0.343 e. The summed E-state index contributed by atoms with van der Waals surface area (Å²) < 4.78 is 1.82. The number of aryl methyl sites for hydroxylation is 1. The van der Waals surface area contributed by atoms with Crippen LogP contribution in [0.2, 0.25) is 0 Å². The lowest BCUT2D eigenvalue weighted by molar-refractivity contribution is -0.149. The van der Waals surface area contributed by atoms with Crippen molar-refractivity contribution in [2.45, 2.75) is 58.8 Å². The van der Waals surface area contributed by atoms with Crippen molar-refractivity contribution in [1.82, 2.24) is 20.0 Å². The van der Waals surface area contributed by atoms with E-state index in [1.807, 2.05) is 24.7 Å². The monoisotopic (exact) mass is 278 g/mol. The number of piperazine rings is 1. The molecule has 1 saturated heterocycles. The Morgan fingerprint density at radius 1 is 1.35 bits per heavy atom. The highest BCUT2D eigenvalue weighted by atomic mass is 16.2.